The number of hydrogen-bond acceptors (Lipinski definition) is 5. The van der Waals surface area contributed by atoms with Gasteiger partial charge in [-0.25, -0.2) is 9.78 Å². The van der Waals surface area contributed by atoms with E-state index in [1.165, 1.54) is 6.20 Å². The molecule has 1 aromatic rings. The van der Waals surface area contributed by atoms with E-state index in [1.807, 2.05) is 0 Å². The second kappa shape index (κ2) is 6.17. The van der Waals surface area contributed by atoms with Gasteiger partial charge in [0, 0.05) is 11.7 Å². The first-order valence-electron chi connectivity index (χ1n) is 5.97. The number of nitrogens with zero attached hydrogens (tertiary/aromatic N) is 1. The lowest BCUT2D eigenvalue weighted by Gasteiger charge is -2.24. The third-order valence-corrected chi connectivity index (χ3v) is 2.33. The minimum atomic E-state index is -0.888. The molecule has 104 valence electrons. The van der Waals surface area contributed by atoms with Crippen molar-refractivity contribution in [2.45, 2.75) is 32.7 Å². The number of carboxylic acid groups (broad SMARTS) is 1. The number of pyridine rings is 1. The van der Waals surface area contributed by atoms with Gasteiger partial charge in [0.25, 0.3) is 0 Å². The van der Waals surface area contributed by atoms with Gasteiger partial charge in [0.15, 0.2) is 0 Å². The summed E-state index contributed by atoms with van der Waals surface area (Å²) >= 11 is 0. The molecule has 0 fully saturated rings. The average molecular weight is 266 g/mol. The highest BCUT2D eigenvalue weighted by molar-refractivity contribution is 5.89. The number of carbonyl (C=O) groups is 2. The second-order valence-corrected chi connectivity index (χ2v) is 4.73. The van der Waals surface area contributed by atoms with Crippen molar-refractivity contribution in [3.8, 4) is 0 Å². The van der Waals surface area contributed by atoms with Crippen LogP contribution in [0, 0.1) is 0 Å². The maximum atomic E-state index is 11.4. The summed E-state index contributed by atoms with van der Waals surface area (Å²) in [5.41, 5.74) is -0.256. The zero-order valence-corrected chi connectivity index (χ0v) is 11.3. The highest BCUT2D eigenvalue weighted by Crippen LogP contribution is 2.16. The molecule has 0 aliphatic rings. The van der Waals surface area contributed by atoms with Crippen molar-refractivity contribution in [3.05, 3.63) is 23.9 Å². The van der Waals surface area contributed by atoms with Gasteiger partial charge in [-0.1, -0.05) is 0 Å². The quantitative estimate of drug-likeness (QED) is 0.765. The molecule has 1 rings (SSSR count). The van der Waals surface area contributed by atoms with Crippen LogP contribution in [0.15, 0.2) is 18.3 Å². The standard InChI is InChI=1S/C13H18N2O4/c1-4-19-12(18)9-5-6-10(14-8-9)15-13(2,3)7-11(16)17/h5-6,8H,4,7H2,1-3H3,(H,14,15)(H,16,17). The van der Waals surface area contributed by atoms with E-state index in [9.17, 15) is 9.59 Å². The van der Waals surface area contributed by atoms with E-state index in [2.05, 4.69) is 10.3 Å². The number of carboxylic acids is 1. The molecular weight excluding hydrogens is 248 g/mol. The molecule has 2 N–H and O–H groups in total. The van der Waals surface area contributed by atoms with E-state index < -0.39 is 17.5 Å². The normalized spacial score (nSPS) is 10.9. The van der Waals surface area contributed by atoms with E-state index in [4.69, 9.17) is 9.84 Å². The van der Waals surface area contributed by atoms with Crippen LogP contribution >= 0.6 is 0 Å². The van der Waals surface area contributed by atoms with Gasteiger partial charge in [0.2, 0.25) is 0 Å². The number of carbonyl (C=O) groups excluding carboxylic acids is 1. The Labute approximate surface area is 111 Å². The van der Waals surface area contributed by atoms with Crippen molar-refractivity contribution in [2.75, 3.05) is 11.9 Å². The first kappa shape index (κ1) is 14.9. The van der Waals surface area contributed by atoms with E-state index in [1.54, 1.807) is 32.9 Å². The van der Waals surface area contributed by atoms with E-state index >= 15 is 0 Å². The number of nitrogens with one attached hydrogen (secondary N) is 1. The third kappa shape index (κ3) is 4.95. The van der Waals surface area contributed by atoms with Crippen LogP contribution < -0.4 is 5.32 Å². The SMILES string of the molecule is CCOC(=O)c1ccc(NC(C)(C)CC(=O)O)nc1. The highest BCUT2D eigenvalue weighted by atomic mass is 16.5. The van der Waals surface area contributed by atoms with Crippen molar-refractivity contribution in [3.63, 3.8) is 0 Å². The Morgan fingerprint density at radius 2 is 2.11 bits per heavy atom. The number of esters is 1. The van der Waals surface area contributed by atoms with Crippen LogP contribution in [0.1, 0.15) is 37.6 Å². The molecule has 6 heteroatoms. The molecule has 0 atom stereocenters. The maximum Gasteiger partial charge on any atom is 0.339 e. The van der Waals surface area contributed by atoms with Crippen LogP contribution in [0.4, 0.5) is 5.82 Å². The van der Waals surface area contributed by atoms with Gasteiger partial charge >= 0.3 is 11.9 Å². The molecule has 0 bridgehead atoms. The Bertz CT molecular complexity index is 454. The molecule has 6 nitrogen and oxygen atoms in total. The summed E-state index contributed by atoms with van der Waals surface area (Å²) in [5.74, 6) is -0.800. The Kier molecular flexibility index (Phi) is 4.86. The second-order valence-electron chi connectivity index (χ2n) is 4.73. The van der Waals surface area contributed by atoms with E-state index in [0.29, 0.717) is 18.0 Å². The summed E-state index contributed by atoms with van der Waals surface area (Å²) in [7, 11) is 0. The molecule has 0 radical (unpaired) electrons. The minimum absolute atomic E-state index is 0.0334. The fourth-order valence-corrected chi connectivity index (χ4v) is 1.57. The van der Waals surface area contributed by atoms with Crippen molar-refractivity contribution in [1.82, 2.24) is 4.98 Å². The molecule has 0 aliphatic carbocycles. The summed E-state index contributed by atoms with van der Waals surface area (Å²) in [6.45, 7) is 5.57. The largest absolute Gasteiger partial charge is 0.481 e. The molecule has 0 spiro atoms. The summed E-state index contributed by atoms with van der Waals surface area (Å²) in [5, 5.41) is 11.8. The van der Waals surface area contributed by atoms with Crippen molar-refractivity contribution < 1.29 is 19.4 Å². The van der Waals surface area contributed by atoms with Gasteiger partial charge in [-0.15, -0.1) is 0 Å². The van der Waals surface area contributed by atoms with E-state index in [-0.39, 0.29) is 6.42 Å². The lowest BCUT2D eigenvalue weighted by Crippen LogP contribution is -2.34. The van der Waals surface area contributed by atoms with Crippen molar-refractivity contribution in [2.24, 2.45) is 0 Å². The van der Waals surface area contributed by atoms with Gasteiger partial charge in [-0.05, 0) is 32.9 Å². The first-order valence-corrected chi connectivity index (χ1v) is 5.97. The van der Waals surface area contributed by atoms with Crippen LogP contribution in [-0.4, -0.2) is 34.2 Å². The zero-order valence-electron chi connectivity index (χ0n) is 11.3. The van der Waals surface area contributed by atoms with Crippen LogP contribution in [0.3, 0.4) is 0 Å². The Morgan fingerprint density at radius 3 is 2.58 bits per heavy atom. The minimum Gasteiger partial charge on any atom is -0.481 e. The zero-order chi connectivity index (χ0) is 14.5. The molecule has 0 amide bonds. The molecular formula is C13H18N2O4. The number of rotatable bonds is 6. The lowest BCUT2D eigenvalue weighted by atomic mass is 10.0. The topological polar surface area (TPSA) is 88.5 Å². The summed E-state index contributed by atoms with van der Waals surface area (Å²) in [6, 6.07) is 3.21. The number of anilines is 1. The lowest BCUT2D eigenvalue weighted by molar-refractivity contribution is -0.137. The molecule has 0 saturated carbocycles. The maximum absolute atomic E-state index is 11.4. The summed E-state index contributed by atoms with van der Waals surface area (Å²) in [4.78, 5) is 26.2. The number of ether oxygens (including phenoxy) is 1. The number of aromatic nitrogens is 1. The van der Waals surface area contributed by atoms with Crippen LogP contribution in [-0.2, 0) is 9.53 Å². The fourth-order valence-electron chi connectivity index (χ4n) is 1.57. The molecule has 0 unspecified atom stereocenters. The molecule has 0 aliphatic heterocycles. The van der Waals surface area contributed by atoms with Gasteiger partial charge in [0.1, 0.15) is 5.82 Å². The Balaban J connectivity index is 2.71. The molecule has 0 aromatic carbocycles. The Hall–Kier alpha value is -2.11. The fraction of sp³-hybridized carbons (Fsp3) is 0.462. The predicted octanol–water partition coefficient (Wildman–Crippen LogP) is 1.92. The van der Waals surface area contributed by atoms with Gasteiger partial charge in [0.05, 0.1) is 18.6 Å². The van der Waals surface area contributed by atoms with Crippen molar-refractivity contribution >= 4 is 17.8 Å². The van der Waals surface area contributed by atoms with E-state index in [0.717, 1.165) is 0 Å². The van der Waals surface area contributed by atoms with Crippen LogP contribution in [0.25, 0.3) is 0 Å². The first-order chi connectivity index (χ1) is 8.84. The predicted molar refractivity (Wildman–Crippen MR) is 70.1 cm³/mol. The summed E-state index contributed by atoms with van der Waals surface area (Å²) in [6.07, 6.45) is 1.37. The van der Waals surface area contributed by atoms with Crippen molar-refractivity contribution in [1.29, 1.82) is 0 Å². The highest BCUT2D eigenvalue weighted by Gasteiger charge is 2.21. The monoisotopic (exact) mass is 266 g/mol. The van der Waals surface area contributed by atoms with Gasteiger partial charge in [-0.3, -0.25) is 4.79 Å². The third-order valence-electron chi connectivity index (χ3n) is 2.33. The average Bonchev–Trinajstić information content (AvgIpc) is 2.27. The number of hydrogen-bond donors (Lipinski definition) is 2. The smallest absolute Gasteiger partial charge is 0.339 e. The summed E-state index contributed by atoms with van der Waals surface area (Å²) < 4.78 is 4.84. The van der Waals surface area contributed by atoms with Crippen LogP contribution in [0.5, 0.6) is 0 Å². The van der Waals surface area contributed by atoms with Gasteiger partial charge in [-0.2, -0.15) is 0 Å². The van der Waals surface area contributed by atoms with Gasteiger partial charge < -0.3 is 15.2 Å². The molecule has 1 aromatic heterocycles. The van der Waals surface area contributed by atoms with Crippen LogP contribution in [0.2, 0.25) is 0 Å². The molecule has 19 heavy (non-hydrogen) atoms. The molecule has 0 saturated heterocycles. The molecule has 1 heterocycles. The number of aliphatic carboxylic acids is 1. The Morgan fingerprint density at radius 1 is 1.42 bits per heavy atom.